The third-order valence-corrected chi connectivity index (χ3v) is 2.43. The zero-order valence-electron chi connectivity index (χ0n) is 9.55. The molecule has 0 radical (unpaired) electrons. The summed E-state index contributed by atoms with van der Waals surface area (Å²) < 4.78 is 0. The maximum atomic E-state index is 11.6. The standard InChI is InChI=1S/C11H12N4O3/c16-9(7-15-10(17)6-14-11(15)18)13-5-8-3-1-2-4-12-8/h1-4H,5-7H2,(H,13,16)(H,14,18). The zero-order valence-corrected chi connectivity index (χ0v) is 9.55. The van der Waals surface area contributed by atoms with E-state index in [0.717, 1.165) is 4.90 Å². The molecule has 0 aromatic carbocycles. The fourth-order valence-electron chi connectivity index (χ4n) is 1.51. The molecule has 1 aromatic heterocycles. The average molecular weight is 248 g/mol. The second kappa shape index (κ2) is 5.26. The summed E-state index contributed by atoms with van der Waals surface area (Å²) in [5.41, 5.74) is 0.711. The topological polar surface area (TPSA) is 91.4 Å². The molecule has 1 aromatic rings. The molecule has 2 rings (SSSR count). The number of rotatable bonds is 4. The summed E-state index contributed by atoms with van der Waals surface area (Å²) in [7, 11) is 0. The fraction of sp³-hybridized carbons (Fsp3) is 0.273. The lowest BCUT2D eigenvalue weighted by atomic mass is 10.3. The fourth-order valence-corrected chi connectivity index (χ4v) is 1.51. The molecule has 7 nitrogen and oxygen atoms in total. The van der Waals surface area contributed by atoms with E-state index in [1.54, 1.807) is 18.3 Å². The van der Waals surface area contributed by atoms with Crippen molar-refractivity contribution in [3.05, 3.63) is 30.1 Å². The zero-order chi connectivity index (χ0) is 13.0. The number of urea groups is 1. The highest BCUT2D eigenvalue weighted by Gasteiger charge is 2.29. The van der Waals surface area contributed by atoms with Crippen LogP contribution in [0.5, 0.6) is 0 Å². The molecule has 0 unspecified atom stereocenters. The molecule has 94 valence electrons. The van der Waals surface area contributed by atoms with Gasteiger partial charge in [0, 0.05) is 6.20 Å². The maximum Gasteiger partial charge on any atom is 0.325 e. The molecule has 1 saturated heterocycles. The molecular formula is C11H12N4O3. The lowest BCUT2D eigenvalue weighted by Gasteiger charge is -2.11. The van der Waals surface area contributed by atoms with E-state index in [9.17, 15) is 14.4 Å². The monoisotopic (exact) mass is 248 g/mol. The Bertz CT molecular complexity index is 458. The molecule has 18 heavy (non-hydrogen) atoms. The molecule has 0 bridgehead atoms. The van der Waals surface area contributed by atoms with E-state index < -0.39 is 17.8 Å². The van der Waals surface area contributed by atoms with Gasteiger partial charge in [0.25, 0.3) is 5.91 Å². The highest BCUT2D eigenvalue weighted by atomic mass is 16.2. The van der Waals surface area contributed by atoms with Crippen molar-refractivity contribution < 1.29 is 14.4 Å². The first kappa shape index (κ1) is 12.0. The number of amides is 4. The van der Waals surface area contributed by atoms with Crippen LogP contribution in [0.15, 0.2) is 24.4 Å². The van der Waals surface area contributed by atoms with Crippen LogP contribution in [0.4, 0.5) is 4.79 Å². The van der Waals surface area contributed by atoms with E-state index in [4.69, 9.17) is 0 Å². The lowest BCUT2D eigenvalue weighted by Crippen LogP contribution is -2.40. The number of carbonyl (C=O) groups excluding carboxylic acids is 3. The maximum absolute atomic E-state index is 11.6. The second-order valence-corrected chi connectivity index (χ2v) is 3.74. The molecule has 0 atom stereocenters. The highest BCUT2D eigenvalue weighted by Crippen LogP contribution is 1.98. The van der Waals surface area contributed by atoms with Crippen molar-refractivity contribution in [2.24, 2.45) is 0 Å². The van der Waals surface area contributed by atoms with E-state index in [0.29, 0.717) is 5.69 Å². The number of aromatic nitrogens is 1. The Labute approximate surface area is 103 Å². The van der Waals surface area contributed by atoms with Crippen LogP contribution >= 0.6 is 0 Å². The third-order valence-electron chi connectivity index (χ3n) is 2.43. The Hall–Kier alpha value is -2.44. The number of pyridine rings is 1. The first-order valence-corrected chi connectivity index (χ1v) is 5.41. The van der Waals surface area contributed by atoms with Gasteiger partial charge in [-0.3, -0.25) is 19.5 Å². The summed E-state index contributed by atoms with van der Waals surface area (Å²) in [5.74, 6) is -0.793. The van der Waals surface area contributed by atoms with Crippen molar-refractivity contribution >= 4 is 17.8 Å². The smallest absolute Gasteiger partial charge is 0.325 e. The predicted octanol–water partition coefficient (Wildman–Crippen LogP) is -0.750. The van der Waals surface area contributed by atoms with Crippen molar-refractivity contribution in [3.8, 4) is 0 Å². The van der Waals surface area contributed by atoms with Gasteiger partial charge in [-0.25, -0.2) is 4.79 Å². The van der Waals surface area contributed by atoms with Gasteiger partial charge < -0.3 is 10.6 Å². The minimum atomic E-state index is -0.534. The number of nitrogens with one attached hydrogen (secondary N) is 2. The minimum Gasteiger partial charge on any atom is -0.349 e. The van der Waals surface area contributed by atoms with Gasteiger partial charge in [-0.1, -0.05) is 6.07 Å². The third kappa shape index (κ3) is 2.82. The molecule has 2 heterocycles. The van der Waals surface area contributed by atoms with Gasteiger partial charge in [-0.15, -0.1) is 0 Å². The SMILES string of the molecule is O=C(CN1C(=O)CNC1=O)NCc1ccccn1. The van der Waals surface area contributed by atoms with Crippen LogP contribution in [0.2, 0.25) is 0 Å². The van der Waals surface area contributed by atoms with Crippen LogP contribution in [0.3, 0.4) is 0 Å². The van der Waals surface area contributed by atoms with Gasteiger partial charge in [0.2, 0.25) is 5.91 Å². The molecule has 0 saturated carbocycles. The summed E-state index contributed by atoms with van der Waals surface area (Å²) in [5, 5.41) is 4.94. The Balaban J connectivity index is 1.82. The average Bonchev–Trinajstić information content (AvgIpc) is 2.69. The summed E-state index contributed by atoms with van der Waals surface area (Å²) in [6.07, 6.45) is 1.62. The van der Waals surface area contributed by atoms with Crippen LogP contribution in [-0.2, 0) is 16.1 Å². The van der Waals surface area contributed by atoms with Gasteiger partial charge in [0.1, 0.15) is 6.54 Å². The lowest BCUT2D eigenvalue weighted by molar-refractivity contribution is -0.130. The number of carbonyl (C=O) groups is 3. The van der Waals surface area contributed by atoms with Crippen LogP contribution < -0.4 is 10.6 Å². The quantitative estimate of drug-likeness (QED) is 0.686. The first-order valence-electron chi connectivity index (χ1n) is 5.41. The molecule has 1 fully saturated rings. The Morgan fingerprint density at radius 1 is 1.44 bits per heavy atom. The summed E-state index contributed by atoms with van der Waals surface area (Å²) in [6.45, 7) is -0.0484. The van der Waals surface area contributed by atoms with Gasteiger partial charge >= 0.3 is 6.03 Å². The number of nitrogens with zero attached hydrogens (tertiary/aromatic N) is 2. The van der Waals surface area contributed by atoms with E-state index in [-0.39, 0.29) is 19.6 Å². The van der Waals surface area contributed by atoms with Crippen LogP contribution in [0, 0.1) is 0 Å². The summed E-state index contributed by atoms with van der Waals surface area (Å²) >= 11 is 0. The Morgan fingerprint density at radius 3 is 2.89 bits per heavy atom. The predicted molar refractivity (Wildman–Crippen MR) is 61.2 cm³/mol. The van der Waals surface area contributed by atoms with E-state index in [1.165, 1.54) is 0 Å². The first-order chi connectivity index (χ1) is 8.66. The Morgan fingerprint density at radius 2 is 2.28 bits per heavy atom. The van der Waals surface area contributed by atoms with Gasteiger partial charge in [-0.2, -0.15) is 0 Å². The van der Waals surface area contributed by atoms with Crippen molar-refractivity contribution in [1.82, 2.24) is 20.5 Å². The van der Waals surface area contributed by atoms with Crippen molar-refractivity contribution in [2.75, 3.05) is 13.1 Å². The molecular weight excluding hydrogens is 236 g/mol. The van der Waals surface area contributed by atoms with E-state index >= 15 is 0 Å². The Kier molecular flexibility index (Phi) is 3.52. The molecule has 0 aliphatic carbocycles. The van der Waals surface area contributed by atoms with Crippen molar-refractivity contribution in [2.45, 2.75) is 6.54 Å². The number of imide groups is 1. The largest absolute Gasteiger partial charge is 0.349 e. The van der Waals surface area contributed by atoms with E-state index in [2.05, 4.69) is 15.6 Å². The van der Waals surface area contributed by atoms with Gasteiger partial charge in [0.05, 0.1) is 18.8 Å². The van der Waals surface area contributed by atoms with Gasteiger partial charge in [0.15, 0.2) is 0 Å². The molecule has 2 N–H and O–H groups in total. The summed E-state index contributed by atoms with van der Waals surface area (Å²) in [4.78, 5) is 38.9. The molecule has 1 aliphatic rings. The molecule has 0 spiro atoms. The van der Waals surface area contributed by atoms with Crippen molar-refractivity contribution in [3.63, 3.8) is 0 Å². The van der Waals surface area contributed by atoms with E-state index in [1.807, 2.05) is 6.07 Å². The highest BCUT2D eigenvalue weighted by molar-refractivity contribution is 6.04. The molecule has 1 aliphatic heterocycles. The molecule has 7 heteroatoms. The van der Waals surface area contributed by atoms with Gasteiger partial charge in [-0.05, 0) is 12.1 Å². The molecule has 4 amide bonds. The normalized spacial score (nSPS) is 14.6. The second-order valence-electron chi connectivity index (χ2n) is 3.74. The minimum absolute atomic E-state index is 0.0493. The van der Waals surface area contributed by atoms with Crippen molar-refractivity contribution in [1.29, 1.82) is 0 Å². The van der Waals surface area contributed by atoms with Crippen LogP contribution in [0.1, 0.15) is 5.69 Å². The summed E-state index contributed by atoms with van der Waals surface area (Å²) in [6, 6.07) is 4.83. The number of hydrogen-bond donors (Lipinski definition) is 2. The van der Waals surface area contributed by atoms with Crippen LogP contribution in [0.25, 0.3) is 0 Å². The number of hydrogen-bond acceptors (Lipinski definition) is 4. The van der Waals surface area contributed by atoms with Crippen LogP contribution in [-0.4, -0.2) is 40.8 Å².